The first kappa shape index (κ1) is 20.8. The Balaban J connectivity index is 1.88. The third-order valence-corrected chi connectivity index (χ3v) is 5.13. The fraction of sp³-hybridized carbons (Fsp3) is 0.333. The van der Waals surface area contributed by atoms with Gasteiger partial charge in [0, 0.05) is 43.0 Å². The van der Waals surface area contributed by atoms with Crippen molar-refractivity contribution in [2.24, 2.45) is 5.84 Å². The molecule has 0 bridgehead atoms. The van der Waals surface area contributed by atoms with Gasteiger partial charge in [-0.2, -0.15) is 0 Å². The Morgan fingerprint density at radius 3 is 2.34 bits per heavy atom. The van der Waals surface area contributed by atoms with E-state index in [4.69, 9.17) is 5.84 Å². The van der Waals surface area contributed by atoms with Gasteiger partial charge in [0.1, 0.15) is 5.82 Å². The number of hydrazine groups is 1. The Morgan fingerprint density at radius 1 is 1.10 bits per heavy atom. The smallest absolute Gasteiger partial charge is 0.322 e. The highest BCUT2D eigenvalue weighted by Gasteiger charge is 2.26. The first-order valence-electron chi connectivity index (χ1n) is 9.50. The van der Waals surface area contributed by atoms with E-state index in [-0.39, 0.29) is 18.1 Å². The lowest BCUT2D eigenvalue weighted by molar-refractivity contribution is 0.0953. The molecule has 1 aliphatic heterocycles. The minimum atomic E-state index is -0.570. The standard InChI is InChI=1S/C21H26FN5O2/c1-15-3-7-18(8-4-15)27(21(29)26-11-9-25(2)10-12-26)14-17-6-5-16(13-19(17)22)20(28)24-23/h3-8,13H,9-12,14,23H2,1-2H3,(H,24,28). The molecular formula is C21H26FN5O2. The molecule has 3 N–H and O–H groups in total. The number of likely N-dealkylation sites (N-methyl/N-ethyl adjacent to an activating group) is 1. The maximum atomic E-state index is 14.7. The molecule has 7 nitrogen and oxygen atoms in total. The zero-order valence-corrected chi connectivity index (χ0v) is 16.7. The first-order chi connectivity index (χ1) is 13.9. The lowest BCUT2D eigenvalue weighted by atomic mass is 10.1. The molecule has 0 aliphatic carbocycles. The summed E-state index contributed by atoms with van der Waals surface area (Å²) in [5.74, 6) is 3.98. The van der Waals surface area contributed by atoms with E-state index in [0.717, 1.165) is 24.7 Å². The molecule has 0 unspecified atom stereocenters. The van der Waals surface area contributed by atoms with Crippen LogP contribution in [0.15, 0.2) is 42.5 Å². The van der Waals surface area contributed by atoms with Crippen LogP contribution in [0.1, 0.15) is 21.5 Å². The number of hydrogen-bond donors (Lipinski definition) is 2. The molecule has 0 saturated carbocycles. The van der Waals surface area contributed by atoms with E-state index in [2.05, 4.69) is 4.90 Å². The topological polar surface area (TPSA) is 81.9 Å². The van der Waals surface area contributed by atoms with Gasteiger partial charge in [0.2, 0.25) is 0 Å². The van der Waals surface area contributed by atoms with Gasteiger partial charge in [-0.05, 0) is 38.2 Å². The molecule has 1 saturated heterocycles. The number of nitrogens with one attached hydrogen (secondary N) is 1. The van der Waals surface area contributed by atoms with Crippen LogP contribution in [0.3, 0.4) is 0 Å². The van der Waals surface area contributed by atoms with Crippen LogP contribution >= 0.6 is 0 Å². The maximum absolute atomic E-state index is 14.7. The number of urea groups is 1. The predicted molar refractivity (Wildman–Crippen MR) is 110 cm³/mol. The van der Waals surface area contributed by atoms with Gasteiger partial charge in [-0.3, -0.25) is 15.1 Å². The summed E-state index contributed by atoms with van der Waals surface area (Å²) in [7, 11) is 2.02. The van der Waals surface area contributed by atoms with E-state index >= 15 is 0 Å². The van der Waals surface area contributed by atoms with E-state index < -0.39 is 11.7 Å². The van der Waals surface area contributed by atoms with Crippen molar-refractivity contribution in [1.82, 2.24) is 15.2 Å². The number of hydrogen-bond acceptors (Lipinski definition) is 4. The molecule has 8 heteroatoms. The average molecular weight is 399 g/mol. The van der Waals surface area contributed by atoms with Crippen molar-refractivity contribution in [2.45, 2.75) is 13.5 Å². The van der Waals surface area contributed by atoms with Crippen LogP contribution in [0.4, 0.5) is 14.9 Å². The van der Waals surface area contributed by atoms with Gasteiger partial charge in [-0.15, -0.1) is 0 Å². The van der Waals surface area contributed by atoms with Crippen LogP contribution in [0, 0.1) is 12.7 Å². The molecule has 1 fully saturated rings. The average Bonchev–Trinajstić information content (AvgIpc) is 2.73. The molecule has 2 aromatic rings. The largest absolute Gasteiger partial charge is 0.324 e. The van der Waals surface area contributed by atoms with E-state index in [1.807, 2.05) is 43.7 Å². The molecule has 0 aromatic heterocycles. The van der Waals surface area contributed by atoms with Gasteiger partial charge in [-0.25, -0.2) is 15.0 Å². The van der Waals surface area contributed by atoms with Crippen molar-refractivity contribution >= 4 is 17.6 Å². The lowest BCUT2D eigenvalue weighted by Crippen LogP contribution is -2.52. The molecule has 29 heavy (non-hydrogen) atoms. The van der Waals surface area contributed by atoms with Crippen molar-refractivity contribution in [3.05, 3.63) is 65.0 Å². The minimum absolute atomic E-state index is 0.0601. The number of nitrogens with two attached hydrogens (primary N) is 1. The molecule has 0 spiro atoms. The van der Waals surface area contributed by atoms with Crippen molar-refractivity contribution in [3.8, 4) is 0 Å². The van der Waals surface area contributed by atoms with Crippen molar-refractivity contribution in [2.75, 3.05) is 38.1 Å². The number of rotatable bonds is 4. The normalized spacial score (nSPS) is 14.6. The number of nitrogen functional groups attached to an aromatic ring is 1. The third kappa shape index (κ3) is 4.90. The quantitative estimate of drug-likeness (QED) is 0.469. The predicted octanol–water partition coefficient (Wildman–Crippen LogP) is 2.11. The summed E-state index contributed by atoms with van der Waals surface area (Å²) >= 11 is 0. The summed E-state index contributed by atoms with van der Waals surface area (Å²) in [4.78, 5) is 30.4. The Labute approximate surface area is 169 Å². The summed E-state index contributed by atoms with van der Waals surface area (Å²) in [6, 6.07) is 11.5. The number of anilines is 1. The van der Waals surface area contributed by atoms with Gasteiger partial charge in [-0.1, -0.05) is 23.8 Å². The number of benzene rings is 2. The summed E-state index contributed by atoms with van der Waals surface area (Å²) in [6.45, 7) is 4.86. The third-order valence-electron chi connectivity index (χ3n) is 5.13. The van der Waals surface area contributed by atoms with Gasteiger partial charge in [0.05, 0.1) is 6.54 Å². The zero-order chi connectivity index (χ0) is 21.0. The van der Waals surface area contributed by atoms with E-state index in [1.54, 1.807) is 9.80 Å². The van der Waals surface area contributed by atoms with Crippen LogP contribution in [-0.4, -0.2) is 55.0 Å². The van der Waals surface area contributed by atoms with Crippen LogP contribution in [0.25, 0.3) is 0 Å². The molecule has 3 rings (SSSR count). The summed E-state index contributed by atoms with van der Waals surface area (Å²) in [5, 5.41) is 0. The number of carbonyl (C=O) groups is 2. The number of halogens is 1. The highest BCUT2D eigenvalue weighted by Crippen LogP contribution is 2.22. The summed E-state index contributed by atoms with van der Waals surface area (Å²) < 4.78 is 14.7. The Kier molecular flexibility index (Phi) is 6.46. The Bertz CT molecular complexity index is 879. The number of aryl methyl sites for hydroxylation is 1. The SMILES string of the molecule is Cc1ccc(N(Cc2ccc(C(=O)NN)cc2F)C(=O)N2CCN(C)CC2)cc1. The van der Waals surface area contributed by atoms with E-state index in [9.17, 15) is 14.0 Å². The lowest BCUT2D eigenvalue weighted by Gasteiger charge is -2.36. The first-order valence-corrected chi connectivity index (χ1v) is 9.50. The molecule has 0 radical (unpaired) electrons. The van der Waals surface area contributed by atoms with Crippen LogP contribution in [-0.2, 0) is 6.54 Å². The summed E-state index contributed by atoms with van der Waals surface area (Å²) in [6.07, 6.45) is 0. The number of carbonyl (C=O) groups excluding carboxylic acids is 2. The van der Waals surface area contributed by atoms with Crippen LogP contribution in [0.5, 0.6) is 0 Å². The van der Waals surface area contributed by atoms with Crippen LogP contribution in [0.2, 0.25) is 0 Å². The van der Waals surface area contributed by atoms with E-state index in [0.29, 0.717) is 24.3 Å². The monoisotopic (exact) mass is 399 g/mol. The highest BCUT2D eigenvalue weighted by molar-refractivity contribution is 5.94. The molecule has 1 aliphatic rings. The second-order valence-corrected chi connectivity index (χ2v) is 7.27. The Hall–Kier alpha value is -2.97. The molecular weight excluding hydrogens is 373 g/mol. The van der Waals surface area contributed by atoms with Gasteiger partial charge < -0.3 is 9.80 Å². The zero-order valence-electron chi connectivity index (χ0n) is 16.7. The minimum Gasteiger partial charge on any atom is -0.322 e. The molecule has 154 valence electrons. The van der Waals surface area contributed by atoms with Crippen molar-refractivity contribution in [3.63, 3.8) is 0 Å². The van der Waals surface area contributed by atoms with Crippen molar-refractivity contribution < 1.29 is 14.0 Å². The molecule has 2 aromatic carbocycles. The fourth-order valence-electron chi connectivity index (χ4n) is 3.23. The molecule has 3 amide bonds. The molecule has 0 atom stereocenters. The van der Waals surface area contributed by atoms with Gasteiger partial charge in [0.15, 0.2) is 0 Å². The second-order valence-electron chi connectivity index (χ2n) is 7.27. The number of nitrogens with zero attached hydrogens (tertiary/aromatic N) is 3. The maximum Gasteiger partial charge on any atom is 0.324 e. The number of piperazine rings is 1. The fourth-order valence-corrected chi connectivity index (χ4v) is 3.23. The summed E-state index contributed by atoms with van der Waals surface area (Å²) in [5.41, 5.74) is 4.20. The van der Waals surface area contributed by atoms with Gasteiger partial charge in [0.25, 0.3) is 5.91 Å². The van der Waals surface area contributed by atoms with Gasteiger partial charge >= 0.3 is 6.03 Å². The van der Waals surface area contributed by atoms with Crippen molar-refractivity contribution in [1.29, 1.82) is 0 Å². The Morgan fingerprint density at radius 2 is 1.76 bits per heavy atom. The molecule has 1 heterocycles. The highest BCUT2D eigenvalue weighted by atomic mass is 19.1. The van der Waals surface area contributed by atoms with E-state index in [1.165, 1.54) is 12.1 Å². The number of amides is 3. The second kappa shape index (κ2) is 9.02. The van der Waals surface area contributed by atoms with Crippen LogP contribution < -0.4 is 16.2 Å².